The maximum atomic E-state index is 11.9. The zero-order chi connectivity index (χ0) is 11.1. The van der Waals surface area contributed by atoms with Crippen LogP contribution in [0.25, 0.3) is 10.2 Å². The van der Waals surface area contributed by atoms with E-state index in [4.69, 9.17) is 12.6 Å². The first kappa shape index (κ1) is 10.4. The summed E-state index contributed by atoms with van der Waals surface area (Å²) in [5.41, 5.74) is 0.423. The second-order valence-electron chi connectivity index (χ2n) is 2.66. The Morgan fingerprint density at radius 3 is 2.73 bits per heavy atom. The van der Waals surface area contributed by atoms with Crippen LogP contribution >= 0.6 is 11.3 Å². The fraction of sp³-hybridized carbons (Fsp3) is 0.125. The van der Waals surface area contributed by atoms with Crippen molar-refractivity contribution in [3.63, 3.8) is 0 Å². The average molecular weight is 250 g/mol. The highest BCUT2D eigenvalue weighted by Gasteiger charge is 2.31. The standard InChI is InChI=1S/C8H4F3NOS2/c9-8(10,11)13-4-1-2-6-5(3-4)12-7(14)15-6/h1-3H,(H,12,14)/p-1. The number of halogens is 3. The van der Waals surface area contributed by atoms with Gasteiger partial charge < -0.3 is 28.7 Å². The molecule has 0 aliphatic carbocycles. The lowest BCUT2D eigenvalue weighted by atomic mass is 10.3. The summed E-state index contributed by atoms with van der Waals surface area (Å²) in [4.78, 5) is 3.89. The topological polar surface area (TPSA) is 22.1 Å². The van der Waals surface area contributed by atoms with E-state index in [-0.39, 0.29) is 5.75 Å². The highest BCUT2D eigenvalue weighted by atomic mass is 32.2. The Hall–Kier alpha value is -1.08. The van der Waals surface area contributed by atoms with Crippen molar-refractivity contribution in [3.8, 4) is 5.75 Å². The predicted octanol–water partition coefficient (Wildman–Crippen LogP) is 3.10. The molecule has 0 fully saturated rings. The molecule has 1 aromatic carbocycles. The summed E-state index contributed by atoms with van der Waals surface area (Å²) in [6, 6.07) is 3.96. The number of hydrogen-bond acceptors (Lipinski definition) is 4. The fourth-order valence-electron chi connectivity index (χ4n) is 1.08. The van der Waals surface area contributed by atoms with Crippen LogP contribution in [-0.4, -0.2) is 11.3 Å². The third kappa shape index (κ3) is 2.48. The Morgan fingerprint density at radius 1 is 1.33 bits per heavy atom. The molecule has 0 amide bonds. The molecule has 0 aliphatic heterocycles. The first-order valence-electron chi connectivity index (χ1n) is 3.77. The van der Waals surface area contributed by atoms with E-state index in [0.717, 1.165) is 4.70 Å². The van der Waals surface area contributed by atoms with Crippen LogP contribution in [0.2, 0.25) is 0 Å². The molecule has 0 unspecified atom stereocenters. The van der Waals surface area contributed by atoms with E-state index in [9.17, 15) is 13.2 Å². The van der Waals surface area contributed by atoms with Gasteiger partial charge in [0.1, 0.15) is 5.75 Å². The van der Waals surface area contributed by atoms with E-state index < -0.39 is 6.36 Å². The average Bonchev–Trinajstić information content (AvgIpc) is 2.40. The van der Waals surface area contributed by atoms with Gasteiger partial charge in [-0.05, 0) is 15.1 Å². The largest absolute Gasteiger partial charge is 0.573 e. The summed E-state index contributed by atoms with van der Waals surface area (Å²) in [5, 5.41) is 0. The minimum atomic E-state index is -4.68. The number of nitrogens with zero attached hydrogens (tertiary/aromatic N) is 1. The molecule has 0 saturated carbocycles. The number of fused-ring (bicyclic) bond motifs is 1. The van der Waals surface area contributed by atoms with Gasteiger partial charge >= 0.3 is 6.36 Å². The van der Waals surface area contributed by atoms with Gasteiger partial charge in [0, 0.05) is 6.07 Å². The number of ether oxygens (including phenoxy) is 1. The van der Waals surface area contributed by atoms with Crippen molar-refractivity contribution in [1.82, 2.24) is 4.98 Å². The molecule has 80 valence electrons. The fourth-order valence-corrected chi connectivity index (χ4v) is 2.13. The lowest BCUT2D eigenvalue weighted by Crippen LogP contribution is -2.16. The van der Waals surface area contributed by atoms with Crippen LogP contribution in [0.1, 0.15) is 0 Å². The molecule has 0 N–H and O–H groups in total. The summed E-state index contributed by atoms with van der Waals surface area (Å²) >= 11 is 6.06. The highest BCUT2D eigenvalue weighted by molar-refractivity contribution is 7.63. The molecule has 0 radical (unpaired) electrons. The van der Waals surface area contributed by atoms with Gasteiger partial charge in [-0.2, -0.15) is 0 Å². The van der Waals surface area contributed by atoms with Crippen molar-refractivity contribution in [3.05, 3.63) is 18.2 Å². The van der Waals surface area contributed by atoms with Crippen molar-refractivity contribution >= 4 is 34.2 Å². The van der Waals surface area contributed by atoms with Gasteiger partial charge in [-0.1, -0.05) is 6.07 Å². The van der Waals surface area contributed by atoms with Crippen LogP contribution in [-0.2, 0) is 12.6 Å². The molecule has 1 aromatic heterocycles. The molecular weight excluding hydrogens is 247 g/mol. The smallest absolute Gasteiger partial charge is 0.408 e. The maximum absolute atomic E-state index is 11.9. The Morgan fingerprint density at radius 2 is 2.07 bits per heavy atom. The third-order valence-corrected chi connectivity index (χ3v) is 2.75. The molecule has 0 bridgehead atoms. The number of rotatable bonds is 1. The van der Waals surface area contributed by atoms with E-state index in [1.165, 1.54) is 29.5 Å². The van der Waals surface area contributed by atoms with Crippen LogP contribution in [0.15, 0.2) is 22.5 Å². The zero-order valence-electron chi connectivity index (χ0n) is 7.04. The second-order valence-corrected chi connectivity index (χ2v) is 4.33. The third-order valence-electron chi connectivity index (χ3n) is 1.57. The molecule has 0 saturated heterocycles. The zero-order valence-corrected chi connectivity index (χ0v) is 8.67. The monoisotopic (exact) mass is 250 g/mol. The molecule has 15 heavy (non-hydrogen) atoms. The Kier molecular flexibility index (Phi) is 2.43. The van der Waals surface area contributed by atoms with E-state index in [1.807, 2.05) is 0 Å². The number of aromatic nitrogens is 1. The summed E-state index contributed by atoms with van der Waals surface area (Å²) in [6.07, 6.45) is -4.68. The SMILES string of the molecule is FC(F)(F)Oc1ccc2sc([S-])nc2c1. The van der Waals surface area contributed by atoms with Gasteiger partial charge in [-0.25, -0.2) is 0 Å². The number of benzene rings is 1. The number of thiazole rings is 1. The summed E-state index contributed by atoms with van der Waals surface area (Å²) in [5.74, 6) is -0.282. The molecule has 0 aliphatic rings. The van der Waals surface area contributed by atoms with Gasteiger partial charge in [0.05, 0.1) is 5.52 Å². The second kappa shape index (κ2) is 3.49. The molecule has 0 spiro atoms. The normalized spacial score (nSPS) is 11.9. The van der Waals surface area contributed by atoms with Gasteiger partial charge in [-0.3, -0.25) is 4.98 Å². The minimum absolute atomic E-state index is 0.282. The van der Waals surface area contributed by atoms with Crippen LogP contribution in [0.4, 0.5) is 13.2 Å². The first-order chi connectivity index (χ1) is 6.94. The molecule has 1 heterocycles. The van der Waals surface area contributed by atoms with Crippen LogP contribution < -0.4 is 4.74 Å². The predicted molar refractivity (Wildman–Crippen MR) is 51.9 cm³/mol. The molecular formula is C8H3F3NOS2-. The highest BCUT2D eigenvalue weighted by Crippen LogP contribution is 2.28. The maximum Gasteiger partial charge on any atom is 0.573 e. The van der Waals surface area contributed by atoms with Gasteiger partial charge in [0.15, 0.2) is 0 Å². The Bertz CT molecular complexity index is 494. The quantitative estimate of drug-likeness (QED) is 0.726. The van der Waals surface area contributed by atoms with Gasteiger partial charge in [0.2, 0.25) is 0 Å². The summed E-state index contributed by atoms with van der Waals surface area (Å²) in [7, 11) is 0. The van der Waals surface area contributed by atoms with E-state index in [2.05, 4.69) is 9.72 Å². The minimum Gasteiger partial charge on any atom is -0.408 e. The van der Waals surface area contributed by atoms with E-state index >= 15 is 0 Å². The molecule has 2 nitrogen and oxygen atoms in total. The lowest BCUT2D eigenvalue weighted by molar-refractivity contribution is -0.274. The number of hydrogen-bond donors (Lipinski definition) is 0. The van der Waals surface area contributed by atoms with Crippen LogP contribution in [0, 0.1) is 0 Å². The van der Waals surface area contributed by atoms with E-state index in [1.54, 1.807) is 0 Å². The van der Waals surface area contributed by atoms with E-state index in [0.29, 0.717) is 9.86 Å². The van der Waals surface area contributed by atoms with Gasteiger partial charge in [-0.15, -0.1) is 13.2 Å². The van der Waals surface area contributed by atoms with Crippen molar-refractivity contribution in [2.24, 2.45) is 0 Å². The first-order valence-corrected chi connectivity index (χ1v) is 5.00. The van der Waals surface area contributed by atoms with Crippen molar-refractivity contribution < 1.29 is 17.9 Å². The van der Waals surface area contributed by atoms with Crippen molar-refractivity contribution in [2.75, 3.05) is 0 Å². The molecule has 7 heteroatoms. The number of alkyl halides is 3. The van der Waals surface area contributed by atoms with Crippen LogP contribution in [0.5, 0.6) is 5.75 Å². The molecule has 0 atom stereocenters. The van der Waals surface area contributed by atoms with Crippen LogP contribution in [0.3, 0.4) is 0 Å². The Balaban J connectivity index is 2.38. The summed E-state index contributed by atoms with van der Waals surface area (Å²) < 4.78 is 40.6. The molecule has 2 aromatic rings. The lowest BCUT2D eigenvalue weighted by Gasteiger charge is -2.08. The Labute approximate surface area is 92.1 Å². The van der Waals surface area contributed by atoms with Gasteiger partial charge in [0.25, 0.3) is 0 Å². The van der Waals surface area contributed by atoms with Crippen molar-refractivity contribution in [1.29, 1.82) is 0 Å². The summed E-state index contributed by atoms with van der Waals surface area (Å²) in [6.45, 7) is 0. The molecule has 2 rings (SSSR count). The van der Waals surface area contributed by atoms with Crippen molar-refractivity contribution in [2.45, 2.75) is 10.7 Å².